The summed E-state index contributed by atoms with van der Waals surface area (Å²) in [5, 5.41) is 9.49. The summed E-state index contributed by atoms with van der Waals surface area (Å²) < 4.78 is 9.86. The zero-order chi connectivity index (χ0) is 14.4. The zero-order valence-electron chi connectivity index (χ0n) is 11.4. The van der Waals surface area contributed by atoms with Gasteiger partial charge in [-0.3, -0.25) is 4.79 Å². The lowest BCUT2D eigenvalue weighted by molar-refractivity contribution is -0.143. The molecule has 7 nitrogen and oxygen atoms in total. The lowest BCUT2D eigenvalue weighted by Crippen LogP contribution is -2.05. The third kappa shape index (κ3) is 4.30. The first-order chi connectivity index (χ1) is 9.67. The second-order valence-electron chi connectivity index (χ2n) is 4.04. The average Bonchev–Trinajstić information content (AvgIpc) is 3.03. The van der Waals surface area contributed by atoms with Gasteiger partial charge < -0.3 is 14.6 Å². The maximum atomic E-state index is 11.2. The summed E-state index contributed by atoms with van der Waals surface area (Å²) in [5.41, 5.74) is 0.868. The van der Waals surface area contributed by atoms with Crippen molar-refractivity contribution in [3.8, 4) is 0 Å². The van der Waals surface area contributed by atoms with E-state index in [1.165, 1.54) is 11.3 Å². The monoisotopic (exact) mass is 296 g/mol. The van der Waals surface area contributed by atoms with Gasteiger partial charge in [0, 0.05) is 11.8 Å². The van der Waals surface area contributed by atoms with Crippen molar-refractivity contribution in [3.63, 3.8) is 0 Å². The predicted molar refractivity (Wildman–Crippen MR) is 73.4 cm³/mol. The fourth-order valence-electron chi connectivity index (χ4n) is 1.53. The zero-order valence-corrected chi connectivity index (χ0v) is 12.2. The normalized spacial score (nSPS) is 10.5. The quantitative estimate of drug-likeness (QED) is 0.781. The fourth-order valence-corrected chi connectivity index (χ4v) is 2.27. The van der Waals surface area contributed by atoms with Crippen LogP contribution in [0.3, 0.4) is 0 Å². The number of carbonyl (C=O) groups excluding carboxylic acids is 1. The number of rotatable bonds is 7. The van der Waals surface area contributed by atoms with Crippen LogP contribution in [0, 0.1) is 6.92 Å². The molecule has 2 aromatic heterocycles. The van der Waals surface area contributed by atoms with Crippen LogP contribution in [0.1, 0.15) is 30.8 Å². The van der Waals surface area contributed by atoms with Crippen molar-refractivity contribution >= 4 is 22.4 Å². The SMILES string of the molecule is CCOC(=O)CCc1csc(NCc2nc(C)no2)n1. The van der Waals surface area contributed by atoms with Crippen LogP contribution in [0.2, 0.25) is 0 Å². The highest BCUT2D eigenvalue weighted by Gasteiger charge is 2.07. The second-order valence-corrected chi connectivity index (χ2v) is 4.90. The van der Waals surface area contributed by atoms with Gasteiger partial charge in [0.05, 0.1) is 25.3 Å². The molecule has 0 atom stereocenters. The molecular formula is C12H16N4O3S. The smallest absolute Gasteiger partial charge is 0.306 e. The number of carbonyl (C=O) groups is 1. The average molecular weight is 296 g/mol. The maximum absolute atomic E-state index is 11.2. The third-order valence-electron chi connectivity index (χ3n) is 2.40. The Balaban J connectivity index is 1.78. The van der Waals surface area contributed by atoms with Crippen molar-refractivity contribution < 1.29 is 14.1 Å². The van der Waals surface area contributed by atoms with Crippen molar-refractivity contribution in [2.45, 2.75) is 33.2 Å². The Labute approximate surface area is 120 Å². The number of nitrogens with one attached hydrogen (secondary N) is 1. The van der Waals surface area contributed by atoms with Crippen LogP contribution >= 0.6 is 11.3 Å². The lowest BCUT2D eigenvalue weighted by Gasteiger charge is -1.99. The van der Waals surface area contributed by atoms with Gasteiger partial charge in [0.1, 0.15) is 0 Å². The van der Waals surface area contributed by atoms with Crippen molar-refractivity contribution in [2.75, 3.05) is 11.9 Å². The first-order valence-electron chi connectivity index (χ1n) is 6.30. The van der Waals surface area contributed by atoms with E-state index in [1.807, 2.05) is 5.38 Å². The van der Waals surface area contributed by atoms with E-state index in [1.54, 1.807) is 13.8 Å². The number of thiazole rings is 1. The lowest BCUT2D eigenvalue weighted by atomic mass is 10.2. The molecule has 20 heavy (non-hydrogen) atoms. The van der Waals surface area contributed by atoms with Gasteiger partial charge in [-0.25, -0.2) is 4.98 Å². The molecule has 0 fully saturated rings. The third-order valence-corrected chi connectivity index (χ3v) is 3.25. The van der Waals surface area contributed by atoms with E-state index in [9.17, 15) is 4.79 Å². The number of ether oxygens (including phenoxy) is 1. The number of aromatic nitrogens is 3. The highest BCUT2D eigenvalue weighted by molar-refractivity contribution is 7.13. The molecular weight excluding hydrogens is 280 g/mol. The second kappa shape index (κ2) is 6.99. The van der Waals surface area contributed by atoms with Crippen molar-refractivity contribution in [1.82, 2.24) is 15.1 Å². The van der Waals surface area contributed by atoms with Gasteiger partial charge in [-0.2, -0.15) is 4.98 Å². The Morgan fingerprint density at radius 1 is 1.50 bits per heavy atom. The van der Waals surface area contributed by atoms with E-state index in [4.69, 9.17) is 9.26 Å². The molecule has 108 valence electrons. The first kappa shape index (κ1) is 14.4. The molecule has 0 unspecified atom stereocenters. The van der Waals surface area contributed by atoms with E-state index in [2.05, 4.69) is 20.4 Å². The van der Waals surface area contributed by atoms with Gasteiger partial charge in [0.2, 0.25) is 5.89 Å². The minimum Gasteiger partial charge on any atom is -0.466 e. The van der Waals surface area contributed by atoms with Gasteiger partial charge in [0.25, 0.3) is 0 Å². The molecule has 0 amide bonds. The molecule has 2 rings (SSSR count). The van der Waals surface area contributed by atoms with Crippen LogP contribution in [0.4, 0.5) is 5.13 Å². The van der Waals surface area contributed by atoms with Gasteiger partial charge in [0.15, 0.2) is 11.0 Å². The summed E-state index contributed by atoms with van der Waals surface area (Å²) in [7, 11) is 0. The topological polar surface area (TPSA) is 90.1 Å². The standard InChI is InChI=1S/C12H16N4O3S/c1-3-18-11(17)5-4-9-7-20-12(15-9)13-6-10-14-8(2)16-19-10/h7H,3-6H2,1-2H3,(H,13,15). The van der Waals surface area contributed by atoms with E-state index in [-0.39, 0.29) is 5.97 Å². The summed E-state index contributed by atoms with van der Waals surface area (Å²) in [6.45, 7) is 4.41. The van der Waals surface area contributed by atoms with Gasteiger partial charge in [-0.05, 0) is 13.8 Å². The molecule has 8 heteroatoms. The Kier molecular flexibility index (Phi) is 5.05. The van der Waals surface area contributed by atoms with E-state index >= 15 is 0 Å². The Morgan fingerprint density at radius 2 is 2.35 bits per heavy atom. The summed E-state index contributed by atoms with van der Waals surface area (Å²) in [6, 6.07) is 0. The van der Waals surface area contributed by atoms with Crippen molar-refractivity contribution in [2.24, 2.45) is 0 Å². The van der Waals surface area contributed by atoms with Gasteiger partial charge >= 0.3 is 5.97 Å². The highest BCUT2D eigenvalue weighted by Crippen LogP contribution is 2.17. The molecule has 2 aromatic rings. The minimum absolute atomic E-state index is 0.198. The van der Waals surface area contributed by atoms with Gasteiger partial charge in [-0.1, -0.05) is 5.16 Å². The summed E-state index contributed by atoms with van der Waals surface area (Å²) in [6.07, 6.45) is 0.927. The summed E-state index contributed by atoms with van der Waals surface area (Å²) in [5.74, 6) is 0.929. The fraction of sp³-hybridized carbons (Fsp3) is 0.500. The van der Waals surface area contributed by atoms with Crippen molar-refractivity contribution in [3.05, 3.63) is 22.8 Å². The largest absolute Gasteiger partial charge is 0.466 e. The van der Waals surface area contributed by atoms with Crippen molar-refractivity contribution in [1.29, 1.82) is 0 Å². The molecule has 0 aliphatic carbocycles. The number of hydrogen-bond donors (Lipinski definition) is 1. The Hall–Kier alpha value is -1.96. The van der Waals surface area contributed by atoms with E-state index in [0.29, 0.717) is 37.7 Å². The summed E-state index contributed by atoms with van der Waals surface area (Å²) >= 11 is 1.48. The first-order valence-corrected chi connectivity index (χ1v) is 7.18. The number of nitrogens with zero attached hydrogens (tertiary/aromatic N) is 3. The van der Waals surface area contributed by atoms with Crippen LogP contribution in [-0.2, 0) is 22.5 Å². The van der Waals surface area contributed by atoms with Crippen LogP contribution in [-0.4, -0.2) is 27.7 Å². The molecule has 0 radical (unpaired) electrons. The van der Waals surface area contributed by atoms with Crippen LogP contribution in [0.5, 0.6) is 0 Å². The number of esters is 1. The minimum atomic E-state index is -0.198. The van der Waals surface area contributed by atoms with E-state index < -0.39 is 0 Å². The Bertz CT molecular complexity index is 567. The van der Waals surface area contributed by atoms with Crippen LogP contribution in [0.25, 0.3) is 0 Å². The molecule has 0 saturated heterocycles. The molecule has 2 heterocycles. The predicted octanol–water partition coefficient (Wildman–Crippen LogP) is 1.94. The highest BCUT2D eigenvalue weighted by atomic mass is 32.1. The number of hydrogen-bond acceptors (Lipinski definition) is 8. The Morgan fingerprint density at radius 3 is 3.05 bits per heavy atom. The van der Waals surface area contributed by atoms with E-state index in [0.717, 1.165) is 10.8 Å². The maximum Gasteiger partial charge on any atom is 0.306 e. The summed E-state index contributed by atoms with van der Waals surface area (Å²) in [4.78, 5) is 19.7. The molecule has 0 aromatic carbocycles. The number of aryl methyl sites for hydroxylation is 2. The van der Waals surface area contributed by atoms with Gasteiger partial charge in [-0.15, -0.1) is 11.3 Å². The number of anilines is 1. The molecule has 0 bridgehead atoms. The molecule has 0 aliphatic rings. The molecule has 0 saturated carbocycles. The van der Waals surface area contributed by atoms with Crippen LogP contribution < -0.4 is 5.32 Å². The van der Waals surface area contributed by atoms with Crippen LogP contribution in [0.15, 0.2) is 9.90 Å². The molecule has 0 aliphatic heterocycles. The molecule has 1 N–H and O–H groups in total. The molecule has 0 spiro atoms.